The maximum atomic E-state index is 12.1. The molecule has 0 bridgehead atoms. The Morgan fingerprint density at radius 3 is 2.60 bits per heavy atom. The van der Waals surface area contributed by atoms with E-state index in [1.165, 1.54) is 14.0 Å². The first kappa shape index (κ1) is 18.1. The average molecular weight is 353 g/mol. The van der Waals surface area contributed by atoms with Crippen molar-refractivity contribution in [2.24, 2.45) is 0 Å². The summed E-state index contributed by atoms with van der Waals surface area (Å²) in [5, 5.41) is 11.8. The normalized spacial score (nSPS) is 11.6. The molecule has 2 aromatic heterocycles. The van der Waals surface area contributed by atoms with Crippen LogP contribution in [-0.2, 0) is 20.9 Å². The van der Waals surface area contributed by atoms with E-state index >= 15 is 0 Å². The van der Waals surface area contributed by atoms with Gasteiger partial charge in [0.15, 0.2) is 18.0 Å². The average Bonchev–Trinajstić information content (AvgIpc) is 3.26. The van der Waals surface area contributed by atoms with E-state index in [4.69, 9.17) is 13.6 Å². The van der Waals surface area contributed by atoms with Crippen molar-refractivity contribution in [3.63, 3.8) is 0 Å². The van der Waals surface area contributed by atoms with Gasteiger partial charge in [0.2, 0.25) is 11.8 Å². The van der Waals surface area contributed by atoms with Gasteiger partial charge >= 0.3 is 11.9 Å². The first-order chi connectivity index (χ1) is 11.9. The minimum Gasteiger partial charge on any atom is -0.464 e. The molecule has 11 heteroatoms. The number of carbonyl (C=O) groups is 3. The Balaban J connectivity index is 2.03. The van der Waals surface area contributed by atoms with Gasteiger partial charge in [0, 0.05) is 6.92 Å². The molecule has 134 valence electrons. The van der Waals surface area contributed by atoms with Gasteiger partial charge in [0.05, 0.1) is 13.7 Å². The van der Waals surface area contributed by atoms with Crippen molar-refractivity contribution in [2.75, 3.05) is 13.7 Å². The number of amides is 1. The molecule has 0 fully saturated rings. The number of methoxy groups -OCH3 is 1. The molecule has 0 aliphatic heterocycles. The highest BCUT2D eigenvalue weighted by atomic mass is 16.5. The van der Waals surface area contributed by atoms with Crippen molar-refractivity contribution in [1.82, 2.24) is 15.3 Å². The Morgan fingerprint density at radius 2 is 1.96 bits per heavy atom. The molecule has 0 saturated heterocycles. The number of hydrogen-bond donors (Lipinski definition) is 2. The molecular formula is C14H15N3O8. The van der Waals surface area contributed by atoms with E-state index < -0.39 is 30.5 Å². The van der Waals surface area contributed by atoms with Crippen LogP contribution in [0.3, 0.4) is 0 Å². The van der Waals surface area contributed by atoms with Crippen molar-refractivity contribution in [3.8, 4) is 0 Å². The number of aromatic nitrogens is 2. The van der Waals surface area contributed by atoms with Crippen LogP contribution < -0.4 is 5.32 Å². The van der Waals surface area contributed by atoms with Gasteiger partial charge in [-0.1, -0.05) is 0 Å². The second-order valence-corrected chi connectivity index (χ2v) is 4.68. The van der Waals surface area contributed by atoms with E-state index in [1.807, 2.05) is 0 Å². The van der Waals surface area contributed by atoms with E-state index in [1.54, 1.807) is 0 Å². The van der Waals surface area contributed by atoms with Gasteiger partial charge in [-0.15, -0.1) is 0 Å². The molecule has 0 radical (unpaired) electrons. The minimum atomic E-state index is -1.01. The number of aliphatic hydroxyl groups is 1. The van der Waals surface area contributed by atoms with Crippen LogP contribution in [-0.4, -0.2) is 46.6 Å². The fraction of sp³-hybridized carbons (Fsp3) is 0.357. The number of nitrogens with zero attached hydrogens (tertiary/aromatic N) is 2. The number of ether oxygens (including phenoxy) is 2. The van der Waals surface area contributed by atoms with E-state index in [0.717, 1.165) is 12.5 Å². The third kappa shape index (κ3) is 4.64. The molecule has 0 saturated carbocycles. The lowest BCUT2D eigenvalue weighted by Gasteiger charge is -2.11. The summed E-state index contributed by atoms with van der Waals surface area (Å²) in [6.07, 6.45) is 2.11. The SMILES string of the molecule is COC(=O)c1coc([C@H](CO)NC(=O)c2coc(COC(C)=O)n2)n1. The predicted molar refractivity (Wildman–Crippen MR) is 77.1 cm³/mol. The standard InChI is InChI=1S/C14H15N3O8/c1-7(19)23-6-11-15-9(4-24-11)12(20)16-8(3-18)13-17-10(5-25-13)14(21)22-2/h4-5,8,18H,3,6H2,1-2H3,(H,16,20)/t8-/m0/s1. The molecule has 0 spiro atoms. The van der Waals surface area contributed by atoms with Gasteiger partial charge in [0.25, 0.3) is 5.91 Å². The number of carbonyl (C=O) groups excluding carboxylic acids is 3. The van der Waals surface area contributed by atoms with Crippen LogP contribution in [0.2, 0.25) is 0 Å². The maximum Gasteiger partial charge on any atom is 0.360 e. The highest BCUT2D eigenvalue weighted by Crippen LogP contribution is 2.14. The van der Waals surface area contributed by atoms with Gasteiger partial charge in [-0.3, -0.25) is 9.59 Å². The smallest absolute Gasteiger partial charge is 0.360 e. The summed E-state index contributed by atoms with van der Waals surface area (Å²) in [5.41, 5.74) is -0.198. The van der Waals surface area contributed by atoms with Crippen molar-refractivity contribution in [2.45, 2.75) is 19.6 Å². The summed E-state index contributed by atoms with van der Waals surface area (Å²) >= 11 is 0. The number of rotatable bonds is 7. The number of oxazole rings is 2. The lowest BCUT2D eigenvalue weighted by Crippen LogP contribution is -2.31. The Labute approximate surface area is 140 Å². The van der Waals surface area contributed by atoms with Gasteiger partial charge in [-0.2, -0.15) is 0 Å². The molecule has 1 amide bonds. The Kier molecular flexibility index (Phi) is 5.84. The molecule has 2 N–H and O–H groups in total. The van der Waals surface area contributed by atoms with E-state index in [2.05, 4.69) is 20.0 Å². The molecule has 1 atom stereocenters. The summed E-state index contributed by atoms with van der Waals surface area (Å²) in [6.45, 7) is 0.473. The van der Waals surface area contributed by atoms with E-state index in [0.29, 0.717) is 0 Å². The van der Waals surface area contributed by atoms with Crippen molar-refractivity contribution in [3.05, 3.63) is 35.7 Å². The monoisotopic (exact) mass is 353 g/mol. The molecule has 2 aromatic rings. The highest BCUT2D eigenvalue weighted by molar-refractivity contribution is 5.92. The number of nitrogens with one attached hydrogen (secondary N) is 1. The first-order valence-electron chi connectivity index (χ1n) is 6.97. The molecule has 0 unspecified atom stereocenters. The van der Waals surface area contributed by atoms with Gasteiger partial charge in [-0.05, 0) is 0 Å². The van der Waals surface area contributed by atoms with Crippen LogP contribution in [0, 0.1) is 0 Å². The summed E-state index contributed by atoms with van der Waals surface area (Å²) in [5.74, 6) is -1.97. The lowest BCUT2D eigenvalue weighted by molar-refractivity contribution is -0.142. The van der Waals surface area contributed by atoms with Gasteiger partial charge in [0.1, 0.15) is 18.6 Å². The second kappa shape index (κ2) is 8.06. The van der Waals surface area contributed by atoms with E-state index in [-0.39, 0.29) is 29.8 Å². The largest absolute Gasteiger partial charge is 0.464 e. The van der Waals surface area contributed by atoms with Crippen molar-refractivity contribution < 1.29 is 37.8 Å². The summed E-state index contributed by atoms with van der Waals surface area (Å²) in [4.78, 5) is 41.9. The van der Waals surface area contributed by atoms with Crippen LogP contribution >= 0.6 is 0 Å². The van der Waals surface area contributed by atoms with Crippen LogP contribution in [0.25, 0.3) is 0 Å². The summed E-state index contributed by atoms with van der Waals surface area (Å²) in [6, 6.07) is -1.01. The number of esters is 2. The quantitative estimate of drug-likeness (QED) is 0.649. The van der Waals surface area contributed by atoms with Gasteiger partial charge < -0.3 is 28.7 Å². The Morgan fingerprint density at radius 1 is 1.24 bits per heavy atom. The molecule has 25 heavy (non-hydrogen) atoms. The van der Waals surface area contributed by atoms with Crippen molar-refractivity contribution >= 4 is 17.8 Å². The second-order valence-electron chi connectivity index (χ2n) is 4.68. The molecule has 0 aliphatic carbocycles. The topological polar surface area (TPSA) is 154 Å². The highest BCUT2D eigenvalue weighted by Gasteiger charge is 2.23. The molecule has 11 nitrogen and oxygen atoms in total. The Hall–Kier alpha value is -3.21. The van der Waals surface area contributed by atoms with Crippen LogP contribution in [0.4, 0.5) is 0 Å². The predicted octanol–water partition coefficient (Wildman–Crippen LogP) is -0.0243. The number of hydrogen-bond acceptors (Lipinski definition) is 10. The molecule has 2 heterocycles. The van der Waals surface area contributed by atoms with Crippen LogP contribution in [0.15, 0.2) is 21.4 Å². The summed E-state index contributed by atoms with van der Waals surface area (Å²) < 4.78 is 19.2. The summed E-state index contributed by atoms with van der Waals surface area (Å²) in [7, 11) is 1.18. The van der Waals surface area contributed by atoms with Crippen LogP contribution in [0.1, 0.15) is 45.7 Å². The molecule has 0 aliphatic rings. The zero-order valence-corrected chi connectivity index (χ0v) is 13.3. The van der Waals surface area contributed by atoms with E-state index in [9.17, 15) is 19.5 Å². The molecule has 2 rings (SSSR count). The fourth-order valence-corrected chi connectivity index (χ4v) is 1.71. The molecule has 0 aromatic carbocycles. The number of aliphatic hydroxyl groups excluding tert-OH is 1. The third-order valence-corrected chi connectivity index (χ3v) is 2.89. The fourth-order valence-electron chi connectivity index (χ4n) is 1.71. The minimum absolute atomic E-state index is 0.0324. The zero-order chi connectivity index (χ0) is 18.4. The lowest BCUT2D eigenvalue weighted by atomic mass is 10.3. The van der Waals surface area contributed by atoms with Gasteiger partial charge in [-0.25, -0.2) is 14.8 Å². The zero-order valence-electron chi connectivity index (χ0n) is 13.3. The Bertz CT molecular complexity index is 766. The maximum absolute atomic E-state index is 12.1. The first-order valence-corrected chi connectivity index (χ1v) is 6.97. The third-order valence-electron chi connectivity index (χ3n) is 2.89. The van der Waals surface area contributed by atoms with Crippen LogP contribution in [0.5, 0.6) is 0 Å². The van der Waals surface area contributed by atoms with Crippen molar-refractivity contribution in [1.29, 1.82) is 0 Å². The molecular weight excluding hydrogens is 338 g/mol.